The lowest BCUT2D eigenvalue weighted by atomic mass is 10.4. The third-order valence-electron chi connectivity index (χ3n) is 0.970. The normalized spacial score (nSPS) is 12.2. The van der Waals surface area contributed by atoms with Gasteiger partial charge in [0.05, 0.1) is 5.70 Å². The van der Waals surface area contributed by atoms with Crippen LogP contribution in [0.15, 0.2) is 24.9 Å². The van der Waals surface area contributed by atoms with Crippen LogP contribution < -0.4 is 11.2 Å². The van der Waals surface area contributed by atoms with E-state index in [9.17, 15) is 4.39 Å². The number of nitrogens with one attached hydrogen (secondary N) is 1. The van der Waals surface area contributed by atoms with Crippen molar-refractivity contribution >= 4 is 0 Å². The van der Waals surface area contributed by atoms with Crippen molar-refractivity contribution in [3.63, 3.8) is 0 Å². The minimum absolute atomic E-state index is 0.0394. The Morgan fingerprint density at radius 3 is 2.91 bits per heavy atom. The first-order valence-corrected chi connectivity index (χ1v) is 3.24. The predicted molar refractivity (Wildman–Crippen MR) is 42.4 cm³/mol. The Bertz CT molecular complexity index is 138. The second-order valence-corrected chi connectivity index (χ2v) is 1.98. The standard InChI is InChI=1S/C7H13FN2O/c1-3-6(2)10-11-5-7(8)4-9/h3,7,10H,1-2,4-5,9H2. The molecule has 0 spiro atoms. The monoisotopic (exact) mass is 160 g/mol. The maximum absolute atomic E-state index is 12.3. The summed E-state index contributed by atoms with van der Waals surface area (Å²) in [6.45, 7) is 6.79. The number of rotatable bonds is 6. The highest BCUT2D eigenvalue weighted by molar-refractivity contribution is 5.05. The van der Waals surface area contributed by atoms with Gasteiger partial charge < -0.3 is 5.73 Å². The Kier molecular flexibility index (Phi) is 5.42. The molecule has 3 nitrogen and oxygen atoms in total. The molecule has 11 heavy (non-hydrogen) atoms. The zero-order valence-corrected chi connectivity index (χ0v) is 6.35. The van der Waals surface area contributed by atoms with Crippen LogP contribution in [-0.4, -0.2) is 19.3 Å². The minimum atomic E-state index is -1.14. The highest BCUT2D eigenvalue weighted by Crippen LogP contribution is 1.89. The molecule has 0 heterocycles. The number of hydrogen-bond acceptors (Lipinski definition) is 3. The lowest BCUT2D eigenvalue weighted by molar-refractivity contribution is 0.0291. The van der Waals surface area contributed by atoms with E-state index in [1.807, 2.05) is 0 Å². The first kappa shape index (κ1) is 10.1. The van der Waals surface area contributed by atoms with Gasteiger partial charge in [0, 0.05) is 6.54 Å². The molecule has 64 valence electrons. The van der Waals surface area contributed by atoms with Gasteiger partial charge in [-0.2, -0.15) is 0 Å². The van der Waals surface area contributed by atoms with E-state index in [-0.39, 0.29) is 13.2 Å². The third-order valence-corrected chi connectivity index (χ3v) is 0.970. The van der Waals surface area contributed by atoms with Crippen LogP contribution >= 0.6 is 0 Å². The van der Waals surface area contributed by atoms with E-state index in [4.69, 9.17) is 5.73 Å². The van der Waals surface area contributed by atoms with Crippen LogP contribution in [0.5, 0.6) is 0 Å². The number of nitrogens with two attached hydrogens (primary N) is 1. The molecule has 0 fully saturated rings. The van der Waals surface area contributed by atoms with Gasteiger partial charge in [0.1, 0.15) is 12.8 Å². The van der Waals surface area contributed by atoms with Crippen LogP contribution in [0.3, 0.4) is 0 Å². The molecule has 0 bridgehead atoms. The number of alkyl halides is 1. The molecule has 0 rings (SSSR count). The van der Waals surface area contributed by atoms with Crippen molar-refractivity contribution in [2.24, 2.45) is 5.73 Å². The molecule has 0 amide bonds. The zero-order chi connectivity index (χ0) is 8.69. The summed E-state index contributed by atoms with van der Waals surface area (Å²) in [6, 6.07) is 0. The summed E-state index contributed by atoms with van der Waals surface area (Å²) in [6.07, 6.45) is 0.329. The van der Waals surface area contributed by atoms with Crippen LogP contribution in [0, 0.1) is 0 Å². The molecule has 0 aromatic carbocycles. The fourth-order valence-corrected chi connectivity index (χ4v) is 0.334. The summed E-state index contributed by atoms with van der Waals surface area (Å²) in [4.78, 5) is 4.66. The van der Waals surface area contributed by atoms with E-state index in [2.05, 4.69) is 23.5 Å². The van der Waals surface area contributed by atoms with Crippen LogP contribution in [0.2, 0.25) is 0 Å². The van der Waals surface area contributed by atoms with Crippen molar-refractivity contribution < 1.29 is 9.23 Å². The van der Waals surface area contributed by atoms with Gasteiger partial charge in [-0.05, 0) is 6.08 Å². The first-order chi connectivity index (χ1) is 5.20. The Balaban J connectivity index is 3.26. The van der Waals surface area contributed by atoms with Gasteiger partial charge in [0.2, 0.25) is 0 Å². The largest absolute Gasteiger partial charge is 0.328 e. The van der Waals surface area contributed by atoms with Crippen molar-refractivity contribution in [1.29, 1.82) is 0 Å². The molecule has 1 atom stereocenters. The molecule has 0 radical (unpaired) electrons. The molecule has 0 aliphatic heterocycles. The lowest BCUT2D eigenvalue weighted by Crippen LogP contribution is -2.25. The quantitative estimate of drug-likeness (QED) is 0.439. The number of allylic oxidation sites excluding steroid dienone is 1. The van der Waals surface area contributed by atoms with Gasteiger partial charge in [0.25, 0.3) is 0 Å². The maximum Gasteiger partial charge on any atom is 0.138 e. The SMILES string of the molecule is C=CC(=C)NOCC(F)CN. The summed E-state index contributed by atoms with van der Waals surface area (Å²) in [5.74, 6) is 0. The molecule has 0 saturated heterocycles. The van der Waals surface area contributed by atoms with E-state index < -0.39 is 6.17 Å². The van der Waals surface area contributed by atoms with Crippen molar-refractivity contribution in [1.82, 2.24) is 5.48 Å². The lowest BCUT2D eigenvalue weighted by Gasteiger charge is -2.07. The number of hydroxylamine groups is 1. The Hall–Kier alpha value is -0.870. The summed E-state index contributed by atoms with van der Waals surface area (Å²) in [7, 11) is 0. The molecule has 0 aliphatic carbocycles. The second-order valence-electron chi connectivity index (χ2n) is 1.98. The third kappa shape index (κ3) is 5.57. The van der Waals surface area contributed by atoms with Crippen molar-refractivity contribution in [2.45, 2.75) is 6.17 Å². The summed E-state index contributed by atoms with van der Waals surface area (Å²) < 4.78 is 12.3. The molecule has 4 heteroatoms. The van der Waals surface area contributed by atoms with E-state index in [0.29, 0.717) is 5.70 Å². The van der Waals surface area contributed by atoms with Gasteiger partial charge in [-0.25, -0.2) is 4.39 Å². The maximum atomic E-state index is 12.3. The average Bonchev–Trinajstić information content (AvgIpc) is 2.04. The molecule has 1 unspecified atom stereocenters. The van der Waals surface area contributed by atoms with E-state index >= 15 is 0 Å². The minimum Gasteiger partial charge on any atom is -0.328 e. The van der Waals surface area contributed by atoms with Gasteiger partial charge in [-0.15, -0.1) is 0 Å². The van der Waals surface area contributed by atoms with Gasteiger partial charge >= 0.3 is 0 Å². The van der Waals surface area contributed by atoms with Crippen LogP contribution in [0.1, 0.15) is 0 Å². The van der Waals surface area contributed by atoms with Crippen molar-refractivity contribution in [3.05, 3.63) is 24.9 Å². The highest BCUT2D eigenvalue weighted by Gasteiger charge is 2.02. The topological polar surface area (TPSA) is 47.3 Å². The fourth-order valence-electron chi connectivity index (χ4n) is 0.334. The number of hydrogen-bond donors (Lipinski definition) is 2. The van der Waals surface area contributed by atoms with E-state index in [0.717, 1.165) is 0 Å². The molecular weight excluding hydrogens is 147 g/mol. The van der Waals surface area contributed by atoms with Crippen molar-refractivity contribution in [3.8, 4) is 0 Å². The van der Waals surface area contributed by atoms with E-state index in [1.165, 1.54) is 6.08 Å². The zero-order valence-electron chi connectivity index (χ0n) is 6.35. The second kappa shape index (κ2) is 5.88. The predicted octanol–water partition coefficient (Wildman–Crippen LogP) is 0.504. The summed E-state index contributed by atoms with van der Waals surface area (Å²) in [5, 5.41) is 0. The smallest absolute Gasteiger partial charge is 0.138 e. The Morgan fingerprint density at radius 1 is 1.82 bits per heavy atom. The van der Waals surface area contributed by atoms with E-state index in [1.54, 1.807) is 0 Å². The average molecular weight is 160 g/mol. The Morgan fingerprint density at radius 2 is 2.45 bits per heavy atom. The molecular formula is C7H13FN2O. The van der Waals surface area contributed by atoms with Crippen LogP contribution in [-0.2, 0) is 4.84 Å². The summed E-state index contributed by atoms with van der Waals surface area (Å²) in [5.41, 5.74) is 7.88. The fraction of sp³-hybridized carbons (Fsp3) is 0.429. The van der Waals surface area contributed by atoms with Gasteiger partial charge in [-0.3, -0.25) is 10.3 Å². The first-order valence-electron chi connectivity index (χ1n) is 3.24. The molecule has 0 aliphatic rings. The van der Waals surface area contributed by atoms with Gasteiger partial charge in [-0.1, -0.05) is 13.2 Å². The highest BCUT2D eigenvalue weighted by atomic mass is 19.1. The molecule has 3 N–H and O–H groups in total. The van der Waals surface area contributed by atoms with Crippen LogP contribution in [0.4, 0.5) is 4.39 Å². The Labute approximate surface area is 65.7 Å². The van der Waals surface area contributed by atoms with Crippen molar-refractivity contribution in [2.75, 3.05) is 13.2 Å². The molecule has 0 aromatic rings. The number of halogens is 1. The molecule has 0 aromatic heterocycles. The van der Waals surface area contributed by atoms with Gasteiger partial charge in [0.15, 0.2) is 0 Å². The summed E-state index contributed by atoms with van der Waals surface area (Å²) >= 11 is 0. The van der Waals surface area contributed by atoms with Crippen LogP contribution in [0.25, 0.3) is 0 Å². The molecule has 0 saturated carbocycles.